The van der Waals surface area contributed by atoms with Gasteiger partial charge in [-0.15, -0.1) is 0 Å². The fraction of sp³-hybridized carbons (Fsp3) is 0.227. The zero-order valence-corrected chi connectivity index (χ0v) is 15.9. The summed E-state index contributed by atoms with van der Waals surface area (Å²) in [5.41, 5.74) is 3.45. The van der Waals surface area contributed by atoms with Crippen molar-refractivity contribution >= 4 is 11.6 Å². The molecular weight excluding hydrogens is 359 g/mol. The number of furan rings is 1. The summed E-state index contributed by atoms with van der Waals surface area (Å²) in [6.45, 7) is 4.12. The van der Waals surface area contributed by atoms with E-state index in [2.05, 4.69) is 10.6 Å². The molecule has 0 aliphatic rings. The number of carbonyl (C=O) groups excluding carboxylic acids is 1. The van der Waals surface area contributed by atoms with Crippen molar-refractivity contribution in [3.05, 3.63) is 76.8 Å². The normalized spacial score (nSPS) is 10.7. The summed E-state index contributed by atoms with van der Waals surface area (Å²) in [6.07, 6.45) is 0. The van der Waals surface area contributed by atoms with Crippen LogP contribution >= 0.6 is 0 Å². The Hall–Kier alpha value is -3.12. The number of aliphatic hydroxyl groups is 1. The molecule has 146 valence electrons. The molecule has 28 heavy (non-hydrogen) atoms. The molecule has 0 atom stereocenters. The Bertz CT molecular complexity index is 982. The van der Waals surface area contributed by atoms with Crippen LogP contribution in [0.15, 0.2) is 52.9 Å². The first kappa shape index (κ1) is 19.6. The number of hydrogen-bond donors (Lipinski definition) is 3. The second-order valence-electron chi connectivity index (χ2n) is 6.49. The van der Waals surface area contributed by atoms with Crippen molar-refractivity contribution in [1.82, 2.24) is 5.32 Å². The van der Waals surface area contributed by atoms with Gasteiger partial charge in [0, 0.05) is 23.4 Å². The number of amides is 1. The van der Waals surface area contributed by atoms with E-state index in [0.29, 0.717) is 29.2 Å². The molecule has 3 rings (SSSR count). The van der Waals surface area contributed by atoms with Crippen molar-refractivity contribution in [1.29, 1.82) is 0 Å². The second-order valence-corrected chi connectivity index (χ2v) is 6.49. The van der Waals surface area contributed by atoms with E-state index in [4.69, 9.17) is 9.52 Å². The van der Waals surface area contributed by atoms with Crippen LogP contribution in [0.5, 0.6) is 0 Å². The van der Waals surface area contributed by atoms with Crippen molar-refractivity contribution in [2.75, 3.05) is 18.5 Å². The minimum absolute atomic E-state index is 0.103. The number of halogens is 1. The molecule has 0 saturated heterocycles. The van der Waals surface area contributed by atoms with Gasteiger partial charge in [0.2, 0.25) is 0 Å². The molecule has 6 heteroatoms. The van der Waals surface area contributed by atoms with Gasteiger partial charge in [0.15, 0.2) is 0 Å². The van der Waals surface area contributed by atoms with E-state index in [9.17, 15) is 9.18 Å². The van der Waals surface area contributed by atoms with Gasteiger partial charge in [-0.2, -0.15) is 0 Å². The van der Waals surface area contributed by atoms with Crippen molar-refractivity contribution in [3.8, 4) is 11.3 Å². The predicted molar refractivity (Wildman–Crippen MR) is 107 cm³/mol. The van der Waals surface area contributed by atoms with Crippen LogP contribution in [-0.2, 0) is 6.54 Å². The molecule has 0 spiro atoms. The Morgan fingerprint density at radius 2 is 1.86 bits per heavy atom. The molecule has 2 aromatic carbocycles. The summed E-state index contributed by atoms with van der Waals surface area (Å²) in [5, 5.41) is 14.8. The van der Waals surface area contributed by atoms with Crippen molar-refractivity contribution < 1.29 is 18.7 Å². The van der Waals surface area contributed by atoms with Crippen LogP contribution in [0.2, 0.25) is 0 Å². The summed E-state index contributed by atoms with van der Waals surface area (Å²) in [6, 6.07) is 14.0. The zero-order valence-electron chi connectivity index (χ0n) is 15.9. The van der Waals surface area contributed by atoms with Gasteiger partial charge in [-0.3, -0.25) is 4.79 Å². The average Bonchev–Trinajstić information content (AvgIpc) is 3.16. The maximum Gasteiger partial charge on any atom is 0.251 e. The van der Waals surface area contributed by atoms with Crippen LogP contribution in [0.4, 0.5) is 10.1 Å². The van der Waals surface area contributed by atoms with Gasteiger partial charge < -0.3 is 20.2 Å². The standard InChI is InChI=1S/C22H23FN2O3/c1-14-17(5-3-7-19(14)23)21-10-9-16(28-21)13-25-20-8-4-6-18(15(20)2)22(27)24-11-12-26/h3-10,25-26H,11-13H2,1-2H3,(H,24,27). The van der Waals surface area contributed by atoms with Crippen LogP contribution in [-0.4, -0.2) is 24.2 Å². The number of rotatable bonds is 7. The van der Waals surface area contributed by atoms with Gasteiger partial charge >= 0.3 is 0 Å². The summed E-state index contributed by atoms with van der Waals surface area (Å²) in [7, 11) is 0. The highest BCUT2D eigenvalue weighted by atomic mass is 19.1. The van der Waals surface area contributed by atoms with E-state index < -0.39 is 0 Å². The molecular formula is C22H23FN2O3. The van der Waals surface area contributed by atoms with Gasteiger partial charge in [0.1, 0.15) is 17.3 Å². The number of hydrogen-bond acceptors (Lipinski definition) is 4. The Balaban J connectivity index is 1.72. The maximum absolute atomic E-state index is 13.8. The SMILES string of the molecule is Cc1c(NCc2ccc(-c3cccc(F)c3C)o2)cccc1C(=O)NCCO. The highest BCUT2D eigenvalue weighted by molar-refractivity contribution is 5.97. The Labute approximate surface area is 163 Å². The van der Waals surface area contributed by atoms with Crippen LogP contribution in [0, 0.1) is 19.7 Å². The fourth-order valence-corrected chi connectivity index (χ4v) is 3.01. The molecule has 3 aromatic rings. The molecule has 0 bridgehead atoms. The van der Waals surface area contributed by atoms with Crippen LogP contribution < -0.4 is 10.6 Å². The smallest absolute Gasteiger partial charge is 0.251 e. The van der Waals surface area contributed by atoms with Crippen molar-refractivity contribution in [3.63, 3.8) is 0 Å². The number of aliphatic hydroxyl groups excluding tert-OH is 1. The molecule has 0 unspecified atom stereocenters. The zero-order chi connectivity index (χ0) is 20.1. The lowest BCUT2D eigenvalue weighted by Crippen LogP contribution is -2.27. The molecule has 0 fully saturated rings. The van der Waals surface area contributed by atoms with E-state index in [-0.39, 0.29) is 24.9 Å². The highest BCUT2D eigenvalue weighted by Gasteiger charge is 2.13. The van der Waals surface area contributed by atoms with E-state index in [1.807, 2.05) is 31.2 Å². The maximum atomic E-state index is 13.8. The number of benzene rings is 2. The topological polar surface area (TPSA) is 74.5 Å². The quantitative estimate of drug-likeness (QED) is 0.577. The molecule has 0 aliphatic carbocycles. The van der Waals surface area contributed by atoms with E-state index in [0.717, 1.165) is 16.8 Å². The summed E-state index contributed by atoms with van der Waals surface area (Å²) >= 11 is 0. The molecule has 1 amide bonds. The third-order valence-electron chi connectivity index (χ3n) is 4.62. The number of nitrogens with one attached hydrogen (secondary N) is 2. The van der Waals surface area contributed by atoms with Gasteiger partial charge in [-0.1, -0.05) is 18.2 Å². The first-order chi connectivity index (χ1) is 13.5. The predicted octanol–water partition coefficient (Wildman–Crippen LogP) is 4.04. The molecule has 3 N–H and O–H groups in total. The lowest BCUT2D eigenvalue weighted by atomic mass is 10.1. The van der Waals surface area contributed by atoms with E-state index in [1.54, 1.807) is 25.1 Å². The fourth-order valence-electron chi connectivity index (χ4n) is 3.01. The van der Waals surface area contributed by atoms with Gasteiger partial charge in [-0.25, -0.2) is 4.39 Å². The highest BCUT2D eigenvalue weighted by Crippen LogP contribution is 2.27. The van der Waals surface area contributed by atoms with Crippen LogP contribution in [0.3, 0.4) is 0 Å². The van der Waals surface area contributed by atoms with Crippen LogP contribution in [0.25, 0.3) is 11.3 Å². The Morgan fingerprint density at radius 3 is 2.64 bits per heavy atom. The number of anilines is 1. The van der Waals surface area contributed by atoms with E-state index >= 15 is 0 Å². The Morgan fingerprint density at radius 1 is 1.07 bits per heavy atom. The average molecular weight is 382 g/mol. The lowest BCUT2D eigenvalue weighted by molar-refractivity contribution is 0.0944. The van der Waals surface area contributed by atoms with Crippen LogP contribution in [0.1, 0.15) is 27.2 Å². The van der Waals surface area contributed by atoms with Gasteiger partial charge in [0.05, 0.1) is 13.2 Å². The summed E-state index contributed by atoms with van der Waals surface area (Å²) in [4.78, 5) is 12.2. The van der Waals surface area contributed by atoms with E-state index in [1.165, 1.54) is 6.07 Å². The minimum Gasteiger partial charge on any atom is -0.459 e. The number of carbonyl (C=O) groups is 1. The third kappa shape index (κ3) is 4.23. The Kier molecular flexibility index (Phi) is 6.11. The molecule has 0 aliphatic heterocycles. The minimum atomic E-state index is -0.263. The first-order valence-electron chi connectivity index (χ1n) is 9.08. The first-order valence-corrected chi connectivity index (χ1v) is 9.08. The van der Waals surface area contributed by atoms with Crippen molar-refractivity contribution in [2.24, 2.45) is 0 Å². The lowest BCUT2D eigenvalue weighted by Gasteiger charge is -2.12. The third-order valence-corrected chi connectivity index (χ3v) is 4.62. The molecule has 1 aromatic heterocycles. The second kappa shape index (κ2) is 8.71. The molecule has 1 heterocycles. The molecule has 5 nitrogen and oxygen atoms in total. The molecule has 0 radical (unpaired) electrons. The summed E-state index contributed by atoms with van der Waals surface area (Å²) < 4.78 is 19.6. The van der Waals surface area contributed by atoms with Gasteiger partial charge in [0.25, 0.3) is 5.91 Å². The monoisotopic (exact) mass is 382 g/mol. The van der Waals surface area contributed by atoms with Crippen molar-refractivity contribution in [2.45, 2.75) is 20.4 Å². The molecule has 0 saturated carbocycles. The summed E-state index contributed by atoms with van der Waals surface area (Å²) in [5.74, 6) is 0.827. The van der Waals surface area contributed by atoms with Gasteiger partial charge in [-0.05, 0) is 55.3 Å². The largest absolute Gasteiger partial charge is 0.459 e.